The molecule has 3 rings (SSSR count). The Labute approximate surface area is 166 Å². The predicted octanol–water partition coefficient (Wildman–Crippen LogP) is 4.29. The molecule has 1 aliphatic rings. The average molecular weight is 432 g/mol. The van der Waals surface area contributed by atoms with Gasteiger partial charge in [-0.1, -0.05) is 12.1 Å². The zero-order chi connectivity index (χ0) is 19.8. The summed E-state index contributed by atoms with van der Waals surface area (Å²) < 4.78 is 45.2. The van der Waals surface area contributed by atoms with E-state index in [4.69, 9.17) is 27.9 Å². The Hall–Kier alpha value is -1.83. The molecule has 0 heterocycles. The second kappa shape index (κ2) is 7.30. The van der Waals surface area contributed by atoms with Gasteiger partial charge in [-0.2, -0.15) is 0 Å². The number of rotatable bonds is 6. The molecule has 0 spiro atoms. The number of benzene rings is 2. The zero-order valence-corrected chi connectivity index (χ0v) is 16.5. The summed E-state index contributed by atoms with van der Waals surface area (Å²) >= 11 is 11.8. The van der Waals surface area contributed by atoms with E-state index in [1.165, 1.54) is 25.1 Å². The SMILES string of the molecule is Cc1cc(F)ccc1S(=O)(=O)Nc1ccccc1C(=O)OCC1CC1(Cl)Cl. The van der Waals surface area contributed by atoms with E-state index in [1.54, 1.807) is 12.1 Å². The molecule has 144 valence electrons. The number of aryl methyl sites for hydroxylation is 1. The molecule has 1 N–H and O–H groups in total. The van der Waals surface area contributed by atoms with Crippen LogP contribution in [-0.2, 0) is 14.8 Å². The van der Waals surface area contributed by atoms with Crippen molar-refractivity contribution >= 4 is 44.9 Å². The summed E-state index contributed by atoms with van der Waals surface area (Å²) in [6.45, 7) is 1.53. The highest BCUT2D eigenvalue weighted by Crippen LogP contribution is 2.53. The van der Waals surface area contributed by atoms with Gasteiger partial charge >= 0.3 is 5.97 Å². The van der Waals surface area contributed by atoms with E-state index in [0.717, 1.165) is 12.1 Å². The molecule has 9 heteroatoms. The van der Waals surface area contributed by atoms with E-state index < -0.39 is 26.1 Å². The molecule has 1 fully saturated rings. The highest BCUT2D eigenvalue weighted by Gasteiger charge is 2.52. The maximum atomic E-state index is 13.2. The van der Waals surface area contributed by atoms with Crippen LogP contribution in [0.2, 0.25) is 0 Å². The van der Waals surface area contributed by atoms with Crippen molar-refractivity contribution in [2.45, 2.75) is 22.6 Å². The number of esters is 1. The number of nitrogens with one attached hydrogen (secondary N) is 1. The van der Waals surface area contributed by atoms with Crippen LogP contribution in [-0.4, -0.2) is 25.3 Å². The molecule has 0 amide bonds. The summed E-state index contributed by atoms with van der Waals surface area (Å²) in [7, 11) is -4.02. The monoisotopic (exact) mass is 431 g/mol. The minimum absolute atomic E-state index is 0.0456. The van der Waals surface area contributed by atoms with Crippen molar-refractivity contribution in [1.82, 2.24) is 0 Å². The fraction of sp³-hybridized carbons (Fsp3) is 0.278. The number of carbonyl (C=O) groups is 1. The number of hydrogen-bond acceptors (Lipinski definition) is 4. The molecule has 1 saturated carbocycles. The minimum atomic E-state index is -4.02. The van der Waals surface area contributed by atoms with Crippen LogP contribution in [0.3, 0.4) is 0 Å². The van der Waals surface area contributed by atoms with E-state index >= 15 is 0 Å². The summed E-state index contributed by atoms with van der Waals surface area (Å²) in [4.78, 5) is 12.3. The van der Waals surface area contributed by atoms with Crippen molar-refractivity contribution in [1.29, 1.82) is 0 Å². The molecular formula is C18H16Cl2FNO4S. The molecule has 2 aromatic carbocycles. The molecule has 1 atom stereocenters. The first-order chi connectivity index (χ1) is 12.6. The van der Waals surface area contributed by atoms with E-state index in [2.05, 4.69) is 4.72 Å². The van der Waals surface area contributed by atoms with Gasteiger partial charge in [0, 0.05) is 5.92 Å². The van der Waals surface area contributed by atoms with Crippen LogP contribution >= 0.6 is 23.2 Å². The lowest BCUT2D eigenvalue weighted by molar-refractivity contribution is 0.0486. The van der Waals surface area contributed by atoms with Gasteiger partial charge in [-0.25, -0.2) is 17.6 Å². The Morgan fingerprint density at radius 3 is 2.59 bits per heavy atom. The first-order valence-corrected chi connectivity index (χ1v) is 10.3. The first kappa shape index (κ1) is 19.9. The van der Waals surface area contributed by atoms with Gasteiger partial charge in [0.05, 0.1) is 22.8 Å². The molecule has 0 bridgehead atoms. The van der Waals surface area contributed by atoms with Crippen LogP contribution in [0.1, 0.15) is 22.3 Å². The van der Waals surface area contributed by atoms with Crippen molar-refractivity contribution in [2.24, 2.45) is 5.92 Å². The summed E-state index contributed by atoms with van der Waals surface area (Å²) in [5, 5.41) is 0. The fourth-order valence-corrected chi connectivity index (χ4v) is 4.37. The van der Waals surface area contributed by atoms with Gasteiger partial charge in [-0.05, 0) is 49.2 Å². The van der Waals surface area contributed by atoms with Gasteiger partial charge in [0.15, 0.2) is 0 Å². The number of halogens is 3. The Morgan fingerprint density at radius 2 is 1.96 bits per heavy atom. The van der Waals surface area contributed by atoms with Crippen LogP contribution in [0.25, 0.3) is 0 Å². The summed E-state index contributed by atoms with van der Waals surface area (Å²) in [5.41, 5.74) is 0.359. The van der Waals surface area contributed by atoms with Crippen molar-refractivity contribution in [2.75, 3.05) is 11.3 Å². The van der Waals surface area contributed by atoms with Crippen molar-refractivity contribution < 1.29 is 22.3 Å². The smallest absolute Gasteiger partial charge is 0.340 e. The molecule has 0 saturated heterocycles. The van der Waals surface area contributed by atoms with Crippen molar-refractivity contribution in [3.05, 3.63) is 59.4 Å². The molecule has 2 aromatic rings. The normalized spacial score (nSPS) is 18.0. The number of alkyl halides is 2. The maximum Gasteiger partial charge on any atom is 0.340 e. The molecule has 1 aliphatic carbocycles. The van der Waals surface area contributed by atoms with Crippen LogP contribution in [0.5, 0.6) is 0 Å². The number of para-hydroxylation sites is 1. The number of ether oxygens (including phenoxy) is 1. The van der Waals surface area contributed by atoms with Gasteiger partial charge < -0.3 is 4.74 Å². The largest absolute Gasteiger partial charge is 0.462 e. The topological polar surface area (TPSA) is 72.5 Å². The predicted molar refractivity (Wildman–Crippen MR) is 101 cm³/mol. The van der Waals surface area contributed by atoms with Crippen LogP contribution in [0, 0.1) is 18.7 Å². The average Bonchev–Trinajstić information content (AvgIpc) is 3.19. The van der Waals surface area contributed by atoms with Gasteiger partial charge in [0.25, 0.3) is 10.0 Å². The van der Waals surface area contributed by atoms with E-state index in [9.17, 15) is 17.6 Å². The second-order valence-electron chi connectivity index (χ2n) is 6.32. The van der Waals surface area contributed by atoms with Gasteiger partial charge in [0.2, 0.25) is 0 Å². The molecule has 27 heavy (non-hydrogen) atoms. The van der Waals surface area contributed by atoms with Gasteiger partial charge in [0.1, 0.15) is 10.2 Å². The van der Waals surface area contributed by atoms with Gasteiger partial charge in [-0.15, -0.1) is 23.2 Å². The summed E-state index contributed by atoms with van der Waals surface area (Å²) in [6.07, 6.45) is 0.529. The number of anilines is 1. The van der Waals surface area contributed by atoms with E-state index in [1.807, 2.05) is 0 Å². The third kappa shape index (κ3) is 4.54. The standard InChI is InChI=1S/C18H16Cl2FNO4S/c1-11-8-13(21)6-7-16(11)27(24,25)22-15-5-3-2-4-14(15)17(23)26-10-12-9-18(12,19)20/h2-8,12,22H,9-10H2,1H3. The Balaban J connectivity index is 1.80. The quantitative estimate of drug-likeness (QED) is 0.546. The number of hydrogen-bond donors (Lipinski definition) is 1. The molecular weight excluding hydrogens is 416 g/mol. The molecule has 0 aromatic heterocycles. The lowest BCUT2D eigenvalue weighted by Gasteiger charge is -2.13. The highest BCUT2D eigenvalue weighted by atomic mass is 35.5. The fourth-order valence-electron chi connectivity index (χ4n) is 2.57. The lowest BCUT2D eigenvalue weighted by Crippen LogP contribution is -2.18. The summed E-state index contributed by atoms with van der Waals surface area (Å²) in [6, 6.07) is 9.40. The first-order valence-electron chi connectivity index (χ1n) is 8.03. The summed E-state index contributed by atoms with van der Waals surface area (Å²) in [5.74, 6) is -1.37. The highest BCUT2D eigenvalue weighted by molar-refractivity contribution is 7.92. The van der Waals surface area contributed by atoms with E-state index in [0.29, 0.717) is 6.42 Å². The Kier molecular flexibility index (Phi) is 5.38. The third-order valence-corrected chi connectivity index (χ3v) is 6.64. The van der Waals surface area contributed by atoms with Crippen LogP contribution in [0.15, 0.2) is 47.4 Å². The molecule has 5 nitrogen and oxygen atoms in total. The van der Waals surface area contributed by atoms with Crippen molar-refractivity contribution in [3.8, 4) is 0 Å². The zero-order valence-electron chi connectivity index (χ0n) is 14.2. The van der Waals surface area contributed by atoms with Crippen LogP contribution in [0.4, 0.5) is 10.1 Å². The number of carbonyl (C=O) groups excluding carboxylic acids is 1. The minimum Gasteiger partial charge on any atom is -0.462 e. The van der Waals surface area contributed by atoms with Crippen molar-refractivity contribution in [3.63, 3.8) is 0 Å². The number of sulfonamides is 1. The van der Waals surface area contributed by atoms with E-state index in [-0.39, 0.29) is 34.2 Å². The maximum absolute atomic E-state index is 13.2. The molecule has 0 aliphatic heterocycles. The molecule has 1 unspecified atom stereocenters. The Morgan fingerprint density at radius 1 is 1.30 bits per heavy atom. The Bertz CT molecular complexity index is 995. The van der Waals surface area contributed by atoms with Crippen LogP contribution < -0.4 is 4.72 Å². The lowest BCUT2D eigenvalue weighted by atomic mass is 10.2. The second-order valence-corrected chi connectivity index (χ2v) is 9.51. The molecule has 0 radical (unpaired) electrons. The van der Waals surface area contributed by atoms with Gasteiger partial charge in [-0.3, -0.25) is 4.72 Å². The third-order valence-electron chi connectivity index (χ3n) is 4.19.